The average Bonchev–Trinajstić information content (AvgIpc) is 3.38. The number of aromatic nitrogens is 4. The summed E-state index contributed by atoms with van der Waals surface area (Å²) in [4.78, 5) is 18.7. The first kappa shape index (κ1) is 20.2. The number of carbonyl (C=O) groups excluding carboxylic acids is 1. The van der Waals surface area contributed by atoms with Gasteiger partial charge in [-0.25, -0.2) is 4.98 Å². The molecule has 150 valence electrons. The van der Waals surface area contributed by atoms with Gasteiger partial charge in [-0.3, -0.25) is 9.36 Å². The minimum absolute atomic E-state index is 0.166. The van der Waals surface area contributed by atoms with Gasteiger partial charge < -0.3 is 10.2 Å². The van der Waals surface area contributed by atoms with Crippen LogP contribution in [-0.2, 0) is 4.79 Å². The van der Waals surface area contributed by atoms with Crippen molar-refractivity contribution in [2.45, 2.75) is 18.0 Å². The number of nitrogens with zero attached hydrogens (tertiary/aromatic N) is 5. The Hall–Kier alpha value is -2.10. The van der Waals surface area contributed by atoms with Gasteiger partial charge in [-0.15, -0.1) is 10.2 Å². The molecule has 29 heavy (non-hydrogen) atoms. The monoisotopic (exact) mass is 492 g/mol. The van der Waals surface area contributed by atoms with Crippen LogP contribution >= 0.6 is 39.3 Å². The van der Waals surface area contributed by atoms with E-state index in [0.717, 1.165) is 42.0 Å². The first-order valence-electron chi connectivity index (χ1n) is 9.11. The molecule has 1 amide bonds. The molecule has 4 rings (SSSR count). The SMILES string of the molecule is O=C(CSc1nnc(N2CCCC2)n1-c1ccccc1Cl)Nc1ccc(Br)cn1. The predicted octanol–water partition coefficient (Wildman–Crippen LogP) is 4.41. The van der Waals surface area contributed by atoms with E-state index in [2.05, 4.69) is 41.3 Å². The minimum Gasteiger partial charge on any atom is -0.341 e. The number of hydrogen-bond donors (Lipinski definition) is 1. The molecule has 1 saturated heterocycles. The van der Waals surface area contributed by atoms with Gasteiger partial charge in [0.05, 0.1) is 16.5 Å². The number of amides is 1. The van der Waals surface area contributed by atoms with E-state index in [1.807, 2.05) is 34.9 Å². The van der Waals surface area contributed by atoms with Gasteiger partial charge in [0.2, 0.25) is 11.9 Å². The van der Waals surface area contributed by atoms with Crippen LogP contribution < -0.4 is 10.2 Å². The number of thioether (sulfide) groups is 1. The summed E-state index contributed by atoms with van der Waals surface area (Å²) in [5.74, 6) is 1.28. The number of para-hydroxylation sites is 1. The van der Waals surface area contributed by atoms with Crippen molar-refractivity contribution in [2.75, 3.05) is 29.1 Å². The van der Waals surface area contributed by atoms with E-state index in [-0.39, 0.29) is 11.7 Å². The maximum Gasteiger partial charge on any atom is 0.236 e. The van der Waals surface area contributed by atoms with E-state index in [0.29, 0.717) is 16.0 Å². The van der Waals surface area contributed by atoms with E-state index >= 15 is 0 Å². The van der Waals surface area contributed by atoms with E-state index in [4.69, 9.17) is 11.6 Å². The van der Waals surface area contributed by atoms with Gasteiger partial charge in [0.15, 0.2) is 5.16 Å². The highest BCUT2D eigenvalue weighted by molar-refractivity contribution is 9.10. The lowest BCUT2D eigenvalue weighted by Crippen LogP contribution is -2.22. The molecule has 0 atom stereocenters. The summed E-state index contributed by atoms with van der Waals surface area (Å²) in [5, 5.41) is 12.8. The lowest BCUT2D eigenvalue weighted by molar-refractivity contribution is -0.113. The Balaban J connectivity index is 1.54. The zero-order chi connectivity index (χ0) is 20.2. The molecule has 0 bridgehead atoms. The van der Waals surface area contributed by atoms with Crippen molar-refractivity contribution < 1.29 is 4.79 Å². The number of halogens is 2. The van der Waals surface area contributed by atoms with Crippen LogP contribution in [0.2, 0.25) is 5.02 Å². The Morgan fingerprint density at radius 1 is 1.17 bits per heavy atom. The summed E-state index contributed by atoms with van der Waals surface area (Å²) in [7, 11) is 0. The van der Waals surface area contributed by atoms with Gasteiger partial charge in [-0.05, 0) is 53.0 Å². The smallest absolute Gasteiger partial charge is 0.236 e. The molecule has 0 radical (unpaired) electrons. The molecule has 0 spiro atoms. The number of benzene rings is 1. The summed E-state index contributed by atoms with van der Waals surface area (Å²) in [6.07, 6.45) is 3.89. The van der Waals surface area contributed by atoms with Crippen molar-refractivity contribution in [2.24, 2.45) is 0 Å². The van der Waals surface area contributed by atoms with Crippen LogP contribution in [-0.4, -0.2) is 44.5 Å². The van der Waals surface area contributed by atoms with Gasteiger partial charge in [-0.1, -0.05) is 35.5 Å². The highest BCUT2D eigenvalue weighted by Crippen LogP contribution is 2.31. The second-order valence-corrected chi connectivity index (χ2v) is 8.73. The first-order chi connectivity index (χ1) is 14.1. The van der Waals surface area contributed by atoms with Gasteiger partial charge in [-0.2, -0.15) is 0 Å². The van der Waals surface area contributed by atoms with Crippen LogP contribution in [0.1, 0.15) is 12.8 Å². The number of nitrogens with one attached hydrogen (secondary N) is 1. The maximum atomic E-state index is 12.4. The van der Waals surface area contributed by atoms with Gasteiger partial charge in [0.25, 0.3) is 0 Å². The zero-order valence-corrected chi connectivity index (χ0v) is 18.5. The van der Waals surface area contributed by atoms with Crippen LogP contribution in [0.25, 0.3) is 5.69 Å². The molecule has 0 saturated carbocycles. The van der Waals surface area contributed by atoms with Crippen molar-refractivity contribution in [1.82, 2.24) is 19.7 Å². The standard InChI is InChI=1S/C19H18BrClN6OS/c20-13-7-8-16(22-11-13)23-17(28)12-29-19-25-24-18(26-9-3-4-10-26)27(19)15-6-2-1-5-14(15)21/h1-2,5-8,11H,3-4,9-10,12H2,(H,22,23,28). The van der Waals surface area contributed by atoms with Crippen molar-refractivity contribution in [3.8, 4) is 5.69 Å². The van der Waals surface area contributed by atoms with Crippen molar-refractivity contribution in [3.05, 3.63) is 52.1 Å². The van der Waals surface area contributed by atoms with Crippen LogP contribution in [0.4, 0.5) is 11.8 Å². The first-order valence-corrected chi connectivity index (χ1v) is 11.3. The Kier molecular flexibility index (Phi) is 6.37. The molecular formula is C19H18BrClN6OS. The fourth-order valence-corrected chi connectivity index (χ4v) is 4.28. The second kappa shape index (κ2) is 9.15. The summed E-state index contributed by atoms with van der Waals surface area (Å²) in [6, 6.07) is 11.1. The quantitative estimate of drug-likeness (QED) is 0.513. The topological polar surface area (TPSA) is 75.9 Å². The maximum absolute atomic E-state index is 12.4. The summed E-state index contributed by atoms with van der Waals surface area (Å²) < 4.78 is 2.79. The van der Waals surface area contributed by atoms with Crippen molar-refractivity contribution in [3.63, 3.8) is 0 Å². The number of carbonyl (C=O) groups is 1. The number of rotatable bonds is 6. The molecule has 1 aliphatic heterocycles. The minimum atomic E-state index is -0.166. The highest BCUT2D eigenvalue weighted by atomic mass is 79.9. The predicted molar refractivity (Wildman–Crippen MR) is 119 cm³/mol. The van der Waals surface area contributed by atoms with Crippen LogP contribution in [0, 0.1) is 0 Å². The Labute approximate surface area is 186 Å². The third kappa shape index (κ3) is 4.73. The highest BCUT2D eigenvalue weighted by Gasteiger charge is 2.24. The van der Waals surface area contributed by atoms with Crippen molar-refractivity contribution >= 4 is 57.0 Å². The van der Waals surface area contributed by atoms with Crippen LogP contribution in [0.5, 0.6) is 0 Å². The molecule has 7 nitrogen and oxygen atoms in total. The molecule has 1 aromatic carbocycles. The molecule has 1 fully saturated rings. The van der Waals surface area contributed by atoms with Crippen LogP contribution in [0.15, 0.2) is 52.2 Å². The normalized spacial score (nSPS) is 13.7. The fraction of sp³-hybridized carbons (Fsp3) is 0.263. The van der Waals surface area contributed by atoms with Gasteiger partial charge in [0.1, 0.15) is 5.82 Å². The lowest BCUT2D eigenvalue weighted by Gasteiger charge is -2.19. The number of hydrogen-bond acceptors (Lipinski definition) is 6. The molecular weight excluding hydrogens is 476 g/mol. The van der Waals surface area contributed by atoms with Gasteiger partial charge >= 0.3 is 0 Å². The Morgan fingerprint density at radius 3 is 2.69 bits per heavy atom. The third-order valence-corrected chi connectivity index (χ3v) is 6.14. The second-order valence-electron chi connectivity index (χ2n) is 6.46. The Bertz CT molecular complexity index is 1010. The third-order valence-electron chi connectivity index (χ3n) is 4.43. The zero-order valence-electron chi connectivity index (χ0n) is 15.4. The van der Waals surface area contributed by atoms with E-state index < -0.39 is 0 Å². The molecule has 0 unspecified atom stereocenters. The Morgan fingerprint density at radius 2 is 1.97 bits per heavy atom. The van der Waals surface area contributed by atoms with Gasteiger partial charge in [0, 0.05) is 23.8 Å². The van der Waals surface area contributed by atoms with E-state index in [9.17, 15) is 4.79 Å². The number of anilines is 2. The van der Waals surface area contributed by atoms with E-state index in [1.54, 1.807) is 12.3 Å². The summed E-state index contributed by atoms with van der Waals surface area (Å²) >= 11 is 11.1. The molecule has 2 aromatic heterocycles. The molecule has 3 aromatic rings. The molecule has 0 aliphatic carbocycles. The molecule has 10 heteroatoms. The molecule has 1 N–H and O–H groups in total. The van der Waals surface area contributed by atoms with Crippen molar-refractivity contribution in [1.29, 1.82) is 0 Å². The summed E-state index contributed by atoms with van der Waals surface area (Å²) in [5.41, 5.74) is 0.804. The largest absolute Gasteiger partial charge is 0.341 e. The fourth-order valence-electron chi connectivity index (χ4n) is 3.08. The average molecular weight is 494 g/mol. The van der Waals surface area contributed by atoms with Crippen LogP contribution in [0.3, 0.4) is 0 Å². The summed E-state index contributed by atoms with van der Waals surface area (Å²) in [6.45, 7) is 1.87. The molecule has 3 heterocycles. The molecule has 1 aliphatic rings. The number of pyridine rings is 1. The van der Waals surface area contributed by atoms with E-state index in [1.165, 1.54) is 11.8 Å². The lowest BCUT2D eigenvalue weighted by atomic mass is 10.3.